The van der Waals surface area contributed by atoms with Gasteiger partial charge in [-0.05, 0) is 37.0 Å². The Morgan fingerprint density at radius 3 is 2.65 bits per heavy atom. The molecule has 3 nitrogen and oxygen atoms in total. The van der Waals surface area contributed by atoms with Crippen molar-refractivity contribution in [3.05, 3.63) is 47.5 Å². The Morgan fingerprint density at radius 1 is 1.29 bits per heavy atom. The van der Waals surface area contributed by atoms with Gasteiger partial charge in [-0.2, -0.15) is 0 Å². The summed E-state index contributed by atoms with van der Waals surface area (Å²) < 4.78 is 0. The predicted molar refractivity (Wildman–Crippen MR) is 68.6 cm³/mol. The molecule has 1 unspecified atom stereocenters. The van der Waals surface area contributed by atoms with Crippen molar-refractivity contribution in [3.8, 4) is 0 Å². The molecule has 1 amide bonds. The molecule has 3 N–H and O–H groups in total. The molecule has 1 atom stereocenters. The Hall–Kier alpha value is -1.61. The van der Waals surface area contributed by atoms with E-state index in [1.165, 1.54) is 0 Å². The topological polar surface area (TPSA) is 55.1 Å². The molecule has 0 heterocycles. The lowest BCUT2D eigenvalue weighted by Crippen LogP contribution is -2.35. The smallest absolute Gasteiger partial charge is 0.251 e. The number of benzene rings is 1. The molecule has 3 heteroatoms. The van der Waals surface area contributed by atoms with Crippen molar-refractivity contribution in [1.82, 2.24) is 5.32 Å². The molecule has 0 saturated heterocycles. The van der Waals surface area contributed by atoms with Gasteiger partial charge in [0.15, 0.2) is 0 Å². The zero-order valence-electron chi connectivity index (χ0n) is 9.86. The number of nitrogens with two attached hydrogens (primary N) is 1. The van der Waals surface area contributed by atoms with Crippen LogP contribution in [0.15, 0.2) is 36.4 Å². The Labute approximate surface area is 102 Å². The maximum atomic E-state index is 11.9. The van der Waals surface area contributed by atoms with Crippen molar-refractivity contribution in [2.45, 2.75) is 31.8 Å². The van der Waals surface area contributed by atoms with Gasteiger partial charge in [-0.15, -0.1) is 0 Å². The van der Waals surface area contributed by atoms with Gasteiger partial charge in [0, 0.05) is 18.2 Å². The van der Waals surface area contributed by atoms with Gasteiger partial charge < -0.3 is 11.1 Å². The summed E-state index contributed by atoms with van der Waals surface area (Å²) in [4.78, 5) is 11.9. The molecule has 1 aromatic carbocycles. The van der Waals surface area contributed by atoms with Crippen LogP contribution in [0.2, 0.25) is 0 Å². The fourth-order valence-electron chi connectivity index (χ4n) is 1.99. The number of rotatable bonds is 3. The number of carbonyl (C=O) groups excluding carboxylic acids is 1. The zero-order chi connectivity index (χ0) is 12.1. The highest BCUT2D eigenvalue weighted by Crippen LogP contribution is 2.12. The molecular weight excluding hydrogens is 212 g/mol. The van der Waals surface area contributed by atoms with Gasteiger partial charge in [-0.25, -0.2) is 0 Å². The number of hydrogen-bond donors (Lipinski definition) is 2. The Kier molecular flexibility index (Phi) is 3.94. The highest BCUT2D eigenvalue weighted by Gasteiger charge is 2.13. The van der Waals surface area contributed by atoms with E-state index < -0.39 is 0 Å². The summed E-state index contributed by atoms with van der Waals surface area (Å²) in [6.07, 6.45) is 7.32. The van der Waals surface area contributed by atoms with Crippen LogP contribution in [0.3, 0.4) is 0 Å². The average Bonchev–Trinajstić information content (AvgIpc) is 2.40. The Morgan fingerprint density at radius 2 is 2.06 bits per heavy atom. The third-order valence-corrected chi connectivity index (χ3v) is 3.06. The van der Waals surface area contributed by atoms with Gasteiger partial charge >= 0.3 is 0 Å². The summed E-state index contributed by atoms with van der Waals surface area (Å²) in [6.45, 7) is 0.509. The van der Waals surface area contributed by atoms with E-state index in [0.29, 0.717) is 12.1 Å². The van der Waals surface area contributed by atoms with Crippen molar-refractivity contribution in [1.29, 1.82) is 0 Å². The molecule has 17 heavy (non-hydrogen) atoms. The second kappa shape index (κ2) is 5.64. The average molecular weight is 230 g/mol. The summed E-state index contributed by atoms with van der Waals surface area (Å²) in [5.74, 6) is 0.00821. The zero-order valence-corrected chi connectivity index (χ0v) is 9.86. The van der Waals surface area contributed by atoms with E-state index in [1.807, 2.05) is 24.3 Å². The number of hydrogen-bond acceptors (Lipinski definition) is 2. The fourth-order valence-corrected chi connectivity index (χ4v) is 1.99. The Bertz CT molecular complexity index is 409. The summed E-state index contributed by atoms with van der Waals surface area (Å²) in [7, 11) is 0. The molecule has 1 aliphatic carbocycles. The van der Waals surface area contributed by atoms with Crippen molar-refractivity contribution >= 4 is 5.91 Å². The molecule has 1 aromatic rings. The van der Waals surface area contributed by atoms with Gasteiger partial charge in [-0.1, -0.05) is 24.3 Å². The van der Waals surface area contributed by atoms with Gasteiger partial charge in [-0.3, -0.25) is 4.79 Å². The van der Waals surface area contributed by atoms with E-state index in [2.05, 4.69) is 17.5 Å². The molecule has 90 valence electrons. The van der Waals surface area contributed by atoms with E-state index in [0.717, 1.165) is 24.8 Å². The highest BCUT2D eigenvalue weighted by molar-refractivity contribution is 5.94. The van der Waals surface area contributed by atoms with Crippen molar-refractivity contribution in [2.24, 2.45) is 5.73 Å². The van der Waals surface area contributed by atoms with Gasteiger partial charge in [0.05, 0.1) is 0 Å². The van der Waals surface area contributed by atoms with Gasteiger partial charge in [0.2, 0.25) is 0 Å². The lowest BCUT2D eigenvalue weighted by Gasteiger charge is -2.19. The Balaban J connectivity index is 1.96. The van der Waals surface area contributed by atoms with Gasteiger partial charge in [0.25, 0.3) is 5.91 Å². The molecule has 0 radical (unpaired) electrons. The first-order valence-electron chi connectivity index (χ1n) is 6.04. The minimum absolute atomic E-state index is 0.00821. The number of amides is 1. The molecular formula is C14H18N2O. The molecule has 0 bridgehead atoms. The second-order valence-electron chi connectivity index (χ2n) is 4.36. The minimum Gasteiger partial charge on any atom is -0.349 e. The van der Waals surface area contributed by atoms with Crippen molar-refractivity contribution < 1.29 is 4.79 Å². The number of carbonyl (C=O) groups is 1. The van der Waals surface area contributed by atoms with Crippen LogP contribution < -0.4 is 11.1 Å². The van der Waals surface area contributed by atoms with Crippen molar-refractivity contribution in [3.63, 3.8) is 0 Å². The summed E-state index contributed by atoms with van der Waals surface area (Å²) in [6, 6.07) is 7.74. The number of nitrogens with one attached hydrogen (secondary N) is 1. The van der Waals surface area contributed by atoms with Crippen LogP contribution in [0.1, 0.15) is 35.2 Å². The van der Waals surface area contributed by atoms with E-state index in [4.69, 9.17) is 5.73 Å². The molecule has 0 spiro atoms. The molecule has 0 saturated carbocycles. The molecule has 0 aliphatic heterocycles. The summed E-state index contributed by atoms with van der Waals surface area (Å²) >= 11 is 0. The second-order valence-corrected chi connectivity index (χ2v) is 4.36. The van der Waals surface area contributed by atoms with Crippen LogP contribution in [-0.2, 0) is 6.54 Å². The first kappa shape index (κ1) is 11.9. The largest absolute Gasteiger partial charge is 0.349 e. The van der Waals surface area contributed by atoms with Crippen molar-refractivity contribution in [2.75, 3.05) is 0 Å². The maximum absolute atomic E-state index is 11.9. The van der Waals surface area contributed by atoms with Crippen LogP contribution in [0.4, 0.5) is 0 Å². The van der Waals surface area contributed by atoms with Crippen LogP contribution in [0, 0.1) is 0 Å². The summed E-state index contributed by atoms with van der Waals surface area (Å²) in [5.41, 5.74) is 7.27. The van der Waals surface area contributed by atoms with E-state index in [1.54, 1.807) is 0 Å². The fraction of sp³-hybridized carbons (Fsp3) is 0.357. The summed E-state index contributed by atoms with van der Waals surface area (Å²) in [5, 5.41) is 3.05. The third kappa shape index (κ3) is 3.17. The van der Waals surface area contributed by atoms with Crippen LogP contribution in [-0.4, -0.2) is 11.9 Å². The molecule has 0 fully saturated rings. The minimum atomic E-state index is 0.00821. The molecule has 2 rings (SSSR count). The van der Waals surface area contributed by atoms with Crippen LogP contribution in [0.5, 0.6) is 0 Å². The van der Waals surface area contributed by atoms with E-state index in [-0.39, 0.29) is 11.9 Å². The third-order valence-electron chi connectivity index (χ3n) is 3.06. The lowest BCUT2D eigenvalue weighted by atomic mass is 10.0. The van der Waals surface area contributed by atoms with E-state index in [9.17, 15) is 4.79 Å². The maximum Gasteiger partial charge on any atom is 0.251 e. The molecule has 0 aromatic heterocycles. The first-order valence-corrected chi connectivity index (χ1v) is 6.04. The van der Waals surface area contributed by atoms with E-state index >= 15 is 0 Å². The SMILES string of the molecule is NCc1ccc(C(=O)NC2CC=CCC2)cc1. The van der Waals surface area contributed by atoms with Gasteiger partial charge in [0.1, 0.15) is 0 Å². The lowest BCUT2D eigenvalue weighted by molar-refractivity contribution is 0.0934. The normalized spacial score (nSPS) is 19.0. The standard InChI is InChI=1S/C14H18N2O/c15-10-11-6-8-12(9-7-11)14(17)16-13-4-2-1-3-5-13/h1-2,6-9,13H,3-5,10,15H2,(H,16,17). The van der Waals surface area contributed by atoms with Crippen LogP contribution in [0.25, 0.3) is 0 Å². The quantitative estimate of drug-likeness (QED) is 0.780. The number of allylic oxidation sites excluding steroid dienone is 1. The van der Waals surface area contributed by atoms with Crippen LogP contribution >= 0.6 is 0 Å². The monoisotopic (exact) mass is 230 g/mol. The highest BCUT2D eigenvalue weighted by atomic mass is 16.1. The molecule has 1 aliphatic rings. The predicted octanol–water partition coefficient (Wildman–Crippen LogP) is 1.98. The first-order chi connectivity index (χ1) is 8.29.